The minimum atomic E-state index is -2.95. The van der Waals surface area contributed by atoms with Gasteiger partial charge in [-0.15, -0.1) is 0 Å². The lowest BCUT2D eigenvalue weighted by atomic mass is 10.0. The van der Waals surface area contributed by atoms with Crippen molar-refractivity contribution in [2.45, 2.75) is 19.3 Å². The van der Waals surface area contributed by atoms with Crippen LogP contribution < -0.4 is 5.56 Å². The van der Waals surface area contributed by atoms with Crippen LogP contribution >= 0.6 is 0 Å². The minimum absolute atomic E-state index is 0.0703. The van der Waals surface area contributed by atoms with Crippen LogP contribution in [0.25, 0.3) is 0 Å². The average Bonchev–Trinajstić information content (AvgIpc) is 2.46. The summed E-state index contributed by atoms with van der Waals surface area (Å²) >= 11 is 0. The van der Waals surface area contributed by atoms with Gasteiger partial charge in [0.2, 0.25) is 0 Å². The summed E-state index contributed by atoms with van der Waals surface area (Å²) in [6.07, 6.45) is 2.01. The molecule has 0 amide bonds. The number of aryl methyl sites for hydroxylation is 1. The summed E-state index contributed by atoms with van der Waals surface area (Å²) in [4.78, 5) is 18.1. The summed E-state index contributed by atoms with van der Waals surface area (Å²) in [5.41, 5.74) is 0.270. The summed E-state index contributed by atoms with van der Waals surface area (Å²) in [6.45, 7) is 1.69. The highest BCUT2D eigenvalue weighted by atomic mass is 32.2. The van der Waals surface area contributed by atoms with Crippen molar-refractivity contribution in [3.05, 3.63) is 27.9 Å². The minimum Gasteiger partial charge on any atom is -0.311 e. The maximum absolute atomic E-state index is 11.5. The van der Waals surface area contributed by atoms with Crippen molar-refractivity contribution in [2.75, 3.05) is 11.5 Å². The van der Waals surface area contributed by atoms with Gasteiger partial charge < -0.3 is 4.98 Å². The van der Waals surface area contributed by atoms with Crippen molar-refractivity contribution in [3.63, 3.8) is 0 Å². The van der Waals surface area contributed by atoms with Crippen LogP contribution in [-0.2, 0) is 9.84 Å². The molecule has 82 valence electrons. The first-order valence-electron chi connectivity index (χ1n) is 4.74. The van der Waals surface area contributed by atoms with Crippen LogP contribution in [0.15, 0.2) is 11.0 Å². The molecule has 1 saturated heterocycles. The van der Waals surface area contributed by atoms with Gasteiger partial charge >= 0.3 is 0 Å². The standard InChI is InChI=1S/C9H12N2O3S/c1-6-10-4-8(9(12)11-6)7-2-3-15(13,14)5-7/h4,7H,2-3,5H2,1H3,(H,10,11,12). The Kier molecular flexibility index (Phi) is 2.38. The molecule has 0 aliphatic carbocycles. The van der Waals surface area contributed by atoms with E-state index in [2.05, 4.69) is 9.97 Å². The summed E-state index contributed by atoms with van der Waals surface area (Å²) in [5, 5.41) is 0. The predicted octanol–water partition coefficient (Wildman–Crippen LogP) is -0.0196. The largest absolute Gasteiger partial charge is 0.311 e. The van der Waals surface area contributed by atoms with E-state index in [0.717, 1.165) is 0 Å². The molecular weight excluding hydrogens is 216 g/mol. The molecule has 1 aromatic heterocycles. The molecule has 1 atom stereocenters. The lowest BCUT2D eigenvalue weighted by Gasteiger charge is -2.05. The first kappa shape index (κ1) is 10.4. The Morgan fingerprint density at radius 1 is 1.53 bits per heavy atom. The summed E-state index contributed by atoms with van der Waals surface area (Å²) in [7, 11) is -2.95. The van der Waals surface area contributed by atoms with Crippen LogP contribution in [0.3, 0.4) is 0 Å². The van der Waals surface area contributed by atoms with Crippen molar-refractivity contribution >= 4 is 9.84 Å². The fraction of sp³-hybridized carbons (Fsp3) is 0.556. The zero-order chi connectivity index (χ0) is 11.1. The summed E-state index contributed by atoms with van der Waals surface area (Å²) in [6, 6.07) is 0. The Morgan fingerprint density at radius 2 is 2.27 bits per heavy atom. The maximum Gasteiger partial charge on any atom is 0.254 e. The van der Waals surface area contributed by atoms with Crippen molar-refractivity contribution in [1.29, 1.82) is 0 Å². The van der Waals surface area contributed by atoms with E-state index in [1.165, 1.54) is 6.20 Å². The van der Waals surface area contributed by atoms with E-state index in [1.807, 2.05) is 0 Å². The molecule has 1 N–H and O–H groups in total. The first-order valence-corrected chi connectivity index (χ1v) is 6.56. The molecule has 6 heteroatoms. The maximum atomic E-state index is 11.5. The average molecular weight is 228 g/mol. The van der Waals surface area contributed by atoms with Gasteiger partial charge in [0, 0.05) is 17.7 Å². The molecule has 1 fully saturated rings. The molecule has 0 radical (unpaired) electrons. The van der Waals surface area contributed by atoms with Crippen molar-refractivity contribution in [2.24, 2.45) is 0 Å². The van der Waals surface area contributed by atoms with E-state index < -0.39 is 9.84 Å². The number of sulfone groups is 1. The monoisotopic (exact) mass is 228 g/mol. The zero-order valence-electron chi connectivity index (χ0n) is 8.36. The highest BCUT2D eigenvalue weighted by molar-refractivity contribution is 7.91. The second-order valence-electron chi connectivity index (χ2n) is 3.85. The molecule has 15 heavy (non-hydrogen) atoms. The number of nitrogens with one attached hydrogen (secondary N) is 1. The van der Waals surface area contributed by atoms with E-state index in [0.29, 0.717) is 17.8 Å². The van der Waals surface area contributed by atoms with Crippen LogP contribution in [0.5, 0.6) is 0 Å². The van der Waals surface area contributed by atoms with E-state index in [1.54, 1.807) is 6.92 Å². The fourth-order valence-corrected chi connectivity index (χ4v) is 3.59. The van der Waals surface area contributed by atoms with Gasteiger partial charge in [0.25, 0.3) is 5.56 Å². The van der Waals surface area contributed by atoms with Crippen LogP contribution in [0.2, 0.25) is 0 Å². The molecule has 1 unspecified atom stereocenters. The summed E-state index contributed by atoms with van der Waals surface area (Å²) in [5.74, 6) is 0.600. The highest BCUT2D eigenvalue weighted by Crippen LogP contribution is 2.25. The molecule has 1 aromatic rings. The number of nitrogens with zero attached hydrogens (tertiary/aromatic N) is 1. The van der Waals surface area contributed by atoms with Gasteiger partial charge in [0.05, 0.1) is 11.5 Å². The highest BCUT2D eigenvalue weighted by Gasteiger charge is 2.30. The van der Waals surface area contributed by atoms with Gasteiger partial charge in [-0.3, -0.25) is 4.79 Å². The van der Waals surface area contributed by atoms with Crippen molar-refractivity contribution < 1.29 is 8.42 Å². The predicted molar refractivity (Wildman–Crippen MR) is 55.6 cm³/mol. The third-order valence-corrected chi connectivity index (χ3v) is 4.39. The Labute approximate surface area is 87.5 Å². The van der Waals surface area contributed by atoms with Gasteiger partial charge in [-0.05, 0) is 13.3 Å². The molecule has 0 bridgehead atoms. The number of aromatic nitrogens is 2. The number of aromatic amines is 1. The lowest BCUT2D eigenvalue weighted by Crippen LogP contribution is -2.18. The van der Waals surface area contributed by atoms with E-state index >= 15 is 0 Å². The van der Waals surface area contributed by atoms with E-state index in [9.17, 15) is 13.2 Å². The molecule has 2 rings (SSSR count). The van der Waals surface area contributed by atoms with Crippen LogP contribution in [0.4, 0.5) is 0 Å². The molecule has 2 heterocycles. The summed E-state index contributed by atoms with van der Waals surface area (Å²) < 4.78 is 22.5. The van der Waals surface area contributed by atoms with E-state index in [-0.39, 0.29) is 23.0 Å². The third kappa shape index (κ3) is 2.09. The SMILES string of the molecule is Cc1ncc(C2CCS(=O)(=O)C2)c(=O)[nH]1. The topological polar surface area (TPSA) is 79.9 Å². The molecule has 0 saturated carbocycles. The smallest absolute Gasteiger partial charge is 0.254 e. The number of hydrogen-bond donors (Lipinski definition) is 1. The van der Waals surface area contributed by atoms with Crippen molar-refractivity contribution in [1.82, 2.24) is 9.97 Å². The molecule has 0 spiro atoms. The molecule has 5 nitrogen and oxygen atoms in total. The molecular formula is C9H12N2O3S. The second-order valence-corrected chi connectivity index (χ2v) is 6.08. The third-order valence-electron chi connectivity index (χ3n) is 2.63. The normalized spacial score (nSPS) is 24.2. The first-order chi connectivity index (χ1) is 6.98. The van der Waals surface area contributed by atoms with Crippen molar-refractivity contribution in [3.8, 4) is 0 Å². The van der Waals surface area contributed by atoms with Crippen LogP contribution in [0, 0.1) is 6.92 Å². The fourth-order valence-electron chi connectivity index (χ4n) is 1.82. The van der Waals surface area contributed by atoms with Gasteiger partial charge in [0.1, 0.15) is 5.82 Å². The van der Waals surface area contributed by atoms with E-state index in [4.69, 9.17) is 0 Å². The molecule has 0 aromatic carbocycles. The van der Waals surface area contributed by atoms with Gasteiger partial charge in [-0.1, -0.05) is 0 Å². The zero-order valence-corrected chi connectivity index (χ0v) is 9.17. The van der Waals surface area contributed by atoms with Gasteiger partial charge in [0.15, 0.2) is 9.84 Å². The number of hydrogen-bond acceptors (Lipinski definition) is 4. The number of H-pyrrole nitrogens is 1. The Hall–Kier alpha value is -1.17. The molecule has 1 aliphatic rings. The Bertz CT molecular complexity index is 533. The van der Waals surface area contributed by atoms with Crippen LogP contribution in [-0.4, -0.2) is 29.9 Å². The van der Waals surface area contributed by atoms with Gasteiger partial charge in [-0.25, -0.2) is 13.4 Å². The van der Waals surface area contributed by atoms with Gasteiger partial charge in [-0.2, -0.15) is 0 Å². The number of rotatable bonds is 1. The quantitative estimate of drug-likeness (QED) is 0.732. The Morgan fingerprint density at radius 3 is 2.80 bits per heavy atom. The second kappa shape index (κ2) is 3.44. The Balaban J connectivity index is 2.36. The molecule has 1 aliphatic heterocycles. The van der Waals surface area contributed by atoms with Crippen LogP contribution in [0.1, 0.15) is 23.7 Å². The lowest BCUT2D eigenvalue weighted by molar-refractivity contribution is 0.601.